The van der Waals surface area contributed by atoms with E-state index in [9.17, 15) is 23.9 Å². The average Bonchev–Trinajstić information content (AvgIpc) is 3.30. The number of phosphoric ester groups is 1. The van der Waals surface area contributed by atoms with Crippen molar-refractivity contribution in [1.82, 2.24) is 39.0 Å². The Balaban J connectivity index is 1.15. The first-order valence-electron chi connectivity index (χ1n) is 14.2. The molecule has 2 saturated heterocycles. The third-order valence-corrected chi connectivity index (χ3v) is 13.3. The highest BCUT2D eigenvalue weighted by Crippen LogP contribution is 2.73. The summed E-state index contributed by atoms with van der Waals surface area (Å²) in [5, 5.41) is 10.1. The number of imidazole rings is 2. The first kappa shape index (κ1) is 31.6. The van der Waals surface area contributed by atoms with Crippen LogP contribution in [0, 0.1) is 11.3 Å². The van der Waals surface area contributed by atoms with E-state index in [0.29, 0.717) is 17.6 Å². The zero-order valence-corrected chi connectivity index (χ0v) is 27.7. The molecular weight excluding hydrogens is 702 g/mol. The molecule has 47 heavy (non-hydrogen) atoms. The molecule has 0 radical (unpaired) electrons. The van der Waals surface area contributed by atoms with Crippen LogP contribution < -0.4 is 17.0 Å². The maximum absolute atomic E-state index is 13.8. The average molecular weight is 731 g/mol. The number of aliphatic hydroxyl groups is 1. The molecule has 1 unspecified atom stereocenters. The number of nitrogens with two attached hydrogens (primary N) is 2. The fourth-order valence-electron chi connectivity index (χ4n) is 7.08. The van der Waals surface area contributed by atoms with Crippen molar-refractivity contribution in [2.24, 2.45) is 11.3 Å². The lowest BCUT2D eigenvalue weighted by Gasteiger charge is -2.30. The minimum absolute atomic E-state index is 0.0163. The molecule has 252 valence electrons. The monoisotopic (exact) mass is 730 g/mol. The minimum Gasteiger partial charge on any atom is -0.388 e. The molecule has 7 N–H and O–H groups in total. The van der Waals surface area contributed by atoms with E-state index >= 15 is 0 Å². The van der Waals surface area contributed by atoms with Crippen LogP contribution in [0.1, 0.15) is 17.8 Å². The first-order chi connectivity index (χ1) is 22.3. The molecule has 4 aromatic heterocycles. The number of aromatic nitrogens is 8. The Morgan fingerprint density at radius 2 is 1.89 bits per heavy atom. The van der Waals surface area contributed by atoms with Crippen molar-refractivity contribution in [3.8, 4) is 0 Å². The van der Waals surface area contributed by atoms with Crippen LogP contribution in [0.4, 0.5) is 11.8 Å². The summed E-state index contributed by atoms with van der Waals surface area (Å²) in [7, 11) is -3.50. The van der Waals surface area contributed by atoms with Crippen molar-refractivity contribution in [3.63, 3.8) is 0 Å². The van der Waals surface area contributed by atoms with Crippen LogP contribution in [0.5, 0.6) is 0 Å². The quantitative estimate of drug-likeness (QED) is 0.124. The number of hydrogen-bond donors (Lipinski definition) is 6. The van der Waals surface area contributed by atoms with Gasteiger partial charge in [-0.25, -0.2) is 29.1 Å². The van der Waals surface area contributed by atoms with Crippen molar-refractivity contribution in [1.29, 1.82) is 0 Å². The van der Waals surface area contributed by atoms with E-state index in [1.807, 2.05) is 0 Å². The SMILES string of the molecule is CO[C@H]1[C@H]2OP(=O)(O)OC[C@@]34C[C@@H]3[C@@H](n3cnc5c(N)ncnc53)[C@H](O)[C@@H]4O[P@@](=O)(S)OC[C@H]1S[C@H]2n1cnc2c(=O)[nH]c(N)nc21. The van der Waals surface area contributed by atoms with Gasteiger partial charge in [0, 0.05) is 12.5 Å². The summed E-state index contributed by atoms with van der Waals surface area (Å²) in [6.07, 6.45) is -0.216. The molecule has 24 heteroatoms. The van der Waals surface area contributed by atoms with Crippen LogP contribution in [0.2, 0.25) is 0 Å². The van der Waals surface area contributed by atoms with Crippen molar-refractivity contribution < 1.29 is 42.0 Å². The Morgan fingerprint density at radius 3 is 2.68 bits per heavy atom. The van der Waals surface area contributed by atoms with Crippen molar-refractivity contribution in [3.05, 3.63) is 29.3 Å². The highest BCUT2D eigenvalue weighted by molar-refractivity contribution is 8.44. The molecule has 0 aromatic carbocycles. The number of hydrogen-bond acceptors (Lipinski definition) is 17. The fraction of sp³-hybridized carbons (Fsp3) is 0.565. The van der Waals surface area contributed by atoms with Crippen LogP contribution in [0.25, 0.3) is 22.3 Å². The van der Waals surface area contributed by atoms with E-state index in [4.69, 9.17) is 34.3 Å². The van der Waals surface area contributed by atoms with Crippen molar-refractivity contribution >= 4 is 72.7 Å². The summed E-state index contributed by atoms with van der Waals surface area (Å²) in [5.41, 5.74) is 10.8. The summed E-state index contributed by atoms with van der Waals surface area (Å²) in [5.74, 6) is -0.410. The lowest BCUT2D eigenvalue weighted by atomic mass is 10.0. The predicted molar refractivity (Wildman–Crippen MR) is 167 cm³/mol. The lowest BCUT2D eigenvalue weighted by molar-refractivity contribution is -0.0275. The van der Waals surface area contributed by atoms with Gasteiger partial charge in [0.05, 0.1) is 37.2 Å². The number of thioether (sulfide) groups is 1. The Morgan fingerprint density at radius 1 is 1.13 bits per heavy atom. The highest BCUT2D eigenvalue weighted by atomic mass is 32.7. The van der Waals surface area contributed by atoms with Crippen LogP contribution in [0.3, 0.4) is 0 Å². The number of nitrogens with one attached hydrogen (secondary N) is 1. The number of thiol groups is 1. The van der Waals surface area contributed by atoms with E-state index in [1.54, 1.807) is 4.57 Å². The van der Waals surface area contributed by atoms with Gasteiger partial charge in [0.2, 0.25) is 5.95 Å². The second-order valence-electron chi connectivity index (χ2n) is 11.8. The van der Waals surface area contributed by atoms with Crippen LogP contribution >= 0.6 is 38.6 Å². The highest BCUT2D eigenvalue weighted by Gasteiger charge is 2.74. The number of nitrogens with zero attached hydrogens (tertiary/aromatic N) is 7. The third-order valence-electron chi connectivity index (χ3n) is 9.21. The summed E-state index contributed by atoms with van der Waals surface area (Å²) in [6.45, 7) is -4.89. The molecule has 6 heterocycles. The van der Waals surface area contributed by atoms with E-state index in [2.05, 4.69) is 42.2 Å². The molecule has 0 amide bonds. The van der Waals surface area contributed by atoms with Crippen LogP contribution in [0.15, 0.2) is 23.8 Å². The Kier molecular flexibility index (Phi) is 7.37. The topological polar surface area (TPSA) is 280 Å². The largest absolute Gasteiger partial charge is 0.472 e. The number of methoxy groups -OCH3 is 1. The van der Waals surface area contributed by atoms with Gasteiger partial charge in [-0.3, -0.25) is 32.4 Å². The number of fused-ring (bicyclic) bond motifs is 4. The number of H-pyrrole nitrogens is 1. The van der Waals surface area contributed by atoms with Crippen molar-refractivity contribution in [2.45, 2.75) is 47.5 Å². The van der Waals surface area contributed by atoms with Gasteiger partial charge < -0.3 is 30.8 Å². The molecule has 8 rings (SSSR count). The second kappa shape index (κ2) is 10.9. The van der Waals surface area contributed by atoms with Gasteiger partial charge in [0.1, 0.15) is 41.6 Å². The lowest BCUT2D eigenvalue weighted by Crippen LogP contribution is -2.37. The van der Waals surface area contributed by atoms with Gasteiger partial charge >= 0.3 is 14.6 Å². The molecule has 20 nitrogen and oxygen atoms in total. The summed E-state index contributed by atoms with van der Waals surface area (Å²) < 4.78 is 59.4. The Bertz CT molecular complexity index is 2070. The molecule has 4 aromatic rings. The molecule has 1 spiro atoms. The zero-order valence-electron chi connectivity index (χ0n) is 24.2. The summed E-state index contributed by atoms with van der Waals surface area (Å²) in [4.78, 5) is 46.8. The predicted octanol–water partition coefficient (Wildman–Crippen LogP) is 0.630. The maximum atomic E-state index is 13.8. The molecule has 4 fully saturated rings. The molecule has 2 aliphatic carbocycles. The molecule has 2 bridgehead atoms. The standard InChI is InChI=1S/C23H28N10O10P2S2/c1-39-14-9-3-40-45(38,46)43-16-13(34)12(32-6-28-10-17(24)26-5-27-18(10)32)8-2-23(8,16)4-41-44(36,37)42-15(14)21(47-9)33-7-29-11-19(33)30-22(25)31-20(11)35/h5-9,12-16,21,34H,2-4H2,1H3,(H,36,37)(H,38,46)(H2,24,26,27)(H3,25,30,31,35)/t8-,9-,12-,13+,14-,15-,16+,21-,23+,45+/m1/s1. The molecule has 11 atom stereocenters. The molecule has 4 aliphatic rings. The number of phosphoric acid groups is 1. The maximum Gasteiger partial charge on any atom is 0.472 e. The number of nitrogen functional groups attached to an aromatic ring is 2. The third kappa shape index (κ3) is 5.04. The van der Waals surface area contributed by atoms with E-state index in [1.165, 1.54) is 42.4 Å². The molecule has 2 aliphatic heterocycles. The van der Waals surface area contributed by atoms with Gasteiger partial charge in [0.25, 0.3) is 5.56 Å². The first-order valence-corrected chi connectivity index (χ1v) is 19.3. The number of aliphatic hydroxyl groups excluding tert-OH is 1. The normalized spacial score (nSPS) is 40.4. The van der Waals surface area contributed by atoms with Gasteiger partial charge in [-0.1, -0.05) is 12.2 Å². The number of ether oxygens (including phenoxy) is 1. The smallest absolute Gasteiger partial charge is 0.388 e. The second-order valence-corrected chi connectivity index (χ2v) is 17.4. The number of anilines is 2. The summed E-state index contributed by atoms with van der Waals surface area (Å²) in [6, 6.07) is -0.713. The van der Waals surface area contributed by atoms with Gasteiger partial charge in [-0.15, -0.1) is 11.8 Å². The van der Waals surface area contributed by atoms with E-state index < -0.39 is 79.2 Å². The summed E-state index contributed by atoms with van der Waals surface area (Å²) >= 11 is 5.41. The molecule has 2 saturated carbocycles. The van der Waals surface area contributed by atoms with Gasteiger partial charge in [0.15, 0.2) is 22.6 Å². The minimum atomic E-state index is -4.87. The van der Waals surface area contributed by atoms with Gasteiger partial charge in [-0.05, 0) is 12.3 Å². The Labute approximate surface area is 273 Å². The fourth-order valence-corrected chi connectivity index (χ4v) is 11.4. The van der Waals surface area contributed by atoms with E-state index in [0.717, 1.165) is 0 Å². The zero-order chi connectivity index (χ0) is 33.0. The Hall–Kier alpha value is -2.62. The van der Waals surface area contributed by atoms with Crippen LogP contribution in [-0.2, 0) is 32.0 Å². The molecular formula is C23H28N10O10P2S2. The van der Waals surface area contributed by atoms with E-state index in [-0.39, 0.29) is 29.5 Å². The van der Waals surface area contributed by atoms with Crippen molar-refractivity contribution in [2.75, 3.05) is 31.8 Å². The van der Waals surface area contributed by atoms with Crippen LogP contribution in [-0.4, -0.2) is 99.0 Å². The number of aromatic amines is 1. The van der Waals surface area contributed by atoms with Gasteiger partial charge in [-0.2, -0.15) is 4.98 Å². The number of rotatable bonds is 3.